The normalized spacial score (nSPS) is 24.5. The maximum absolute atomic E-state index is 11.9. The topological polar surface area (TPSA) is 106 Å². The Kier molecular flexibility index (Phi) is 4.46. The monoisotopic (exact) mass is 319 g/mol. The van der Waals surface area contributed by atoms with Crippen LogP contribution in [0, 0.1) is 0 Å². The summed E-state index contributed by atoms with van der Waals surface area (Å²) in [6, 6.07) is 0. The van der Waals surface area contributed by atoms with E-state index in [2.05, 4.69) is 0 Å². The smallest absolute Gasteiger partial charge is 0.227 e. The van der Waals surface area contributed by atoms with Crippen molar-refractivity contribution in [3.63, 3.8) is 0 Å². The quantitative estimate of drug-likeness (QED) is 0.678. The van der Waals surface area contributed by atoms with Crippen molar-refractivity contribution in [2.75, 3.05) is 17.3 Å². The summed E-state index contributed by atoms with van der Waals surface area (Å²) in [7, 11) is -11.9. The van der Waals surface area contributed by atoms with Crippen LogP contribution in [0.4, 0.5) is 0 Å². The Hall–Kier alpha value is -0.190. The van der Waals surface area contributed by atoms with E-state index in [-0.39, 0.29) is 22.3 Å². The molecule has 18 heavy (non-hydrogen) atoms. The van der Waals surface area contributed by atoms with Crippen molar-refractivity contribution in [2.45, 2.75) is 32.1 Å². The second-order valence-electron chi connectivity index (χ2n) is 3.99. The van der Waals surface area contributed by atoms with E-state index < -0.39 is 46.8 Å². The lowest BCUT2D eigenvalue weighted by atomic mass is 10.3. The van der Waals surface area contributed by atoms with Crippen LogP contribution in [0.1, 0.15) is 26.7 Å². The van der Waals surface area contributed by atoms with E-state index in [4.69, 9.17) is 0 Å². The molecule has 0 aromatic carbocycles. The zero-order chi connectivity index (χ0) is 14.2. The van der Waals surface area contributed by atoms with Crippen molar-refractivity contribution in [2.24, 2.45) is 0 Å². The van der Waals surface area contributed by atoms with Gasteiger partial charge in [-0.2, -0.15) is 0 Å². The SMILES string of the molecule is CCS(=O)(=O)N(C1CCCS1(=O)=O)S(=O)(=O)CC. The van der Waals surface area contributed by atoms with Crippen molar-refractivity contribution >= 4 is 29.9 Å². The van der Waals surface area contributed by atoms with Crippen molar-refractivity contribution in [1.82, 2.24) is 3.71 Å². The van der Waals surface area contributed by atoms with Gasteiger partial charge in [0.05, 0.1) is 17.3 Å². The van der Waals surface area contributed by atoms with Crippen LogP contribution >= 0.6 is 0 Å². The first-order valence-corrected chi connectivity index (χ1v) is 10.5. The van der Waals surface area contributed by atoms with Crippen LogP contribution in [-0.4, -0.2) is 51.6 Å². The Bertz CT molecular complexity index is 569. The van der Waals surface area contributed by atoms with Gasteiger partial charge in [0.1, 0.15) is 5.37 Å². The molecule has 1 aliphatic heterocycles. The van der Waals surface area contributed by atoms with Crippen LogP contribution in [0.5, 0.6) is 0 Å². The van der Waals surface area contributed by atoms with Gasteiger partial charge in [0, 0.05) is 0 Å². The molecular formula is C8H17NO6S3. The van der Waals surface area contributed by atoms with Crippen molar-refractivity contribution in [1.29, 1.82) is 0 Å². The lowest BCUT2D eigenvalue weighted by molar-refractivity contribution is 0.466. The van der Waals surface area contributed by atoms with Gasteiger partial charge < -0.3 is 0 Å². The van der Waals surface area contributed by atoms with Gasteiger partial charge in [-0.3, -0.25) is 0 Å². The van der Waals surface area contributed by atoms with Gasteiger partial charge >= 0.3 is 0 Å². The highest BCUT2D eigenvalue weighted by atomic mass is 32.3. The van der Waals surface area contributed by atoms with Crippen LogP contribution in [-0.2, 0) is 29.9 Å². The Morgan fingerprint density at radius 3 is 1.78 bits per heavy atom. The maximum Gasteiger partial charge on any atom is 0.228 e. The fraction of sp³-hybridized carbons (Fsp3) is 1.00. The molecule has 1 saturated heterocycles. The maximum atomic E-state index is 11.9. The van der Waals surface area contributed by atoms with Gasteiger partial charge in [-0.15, -0.1) is 0 Å². The minimum absolute atomic E-state index is 0.0286. The van der Waals surface area contributed by atoms with E-state index in [9.17, 15) is 25.3 Å². The molecule has 0 amide bonds. The average molecular weight is 319 g/mol. The highest BCUT2D eigenvalue weighted by molar-refractivity contribution is 8.05. The highest BCUT2D eigenvalue weighted by Gasteiger charge is 2.47. The molecule has 0 spiro atoms. The summed E-state index contributed by atoms with van der Waals surface area (Å²) in [6.45, 7) is 2.57. The minimum Gasteiger partial charge on any atom is -0.227 e. The predicted molar refractivity (Wildman–Crippen MR) is 67.6 cm³/mol. The molecule has 1 rings (SSSR count). The van der Waals surface area contributed by atoms with Crippen LogP contribution in [0.3, 0.4) is 0 Å². The van der Waals surface area contributed by atoms with Gasteiger partial charge in [-0.25, -0.2) is 25.3 Å². The molecule has 0 aromatic heterocycles. The number of sulfonamides is 2. The molecule has 1 fully saturated rings. The summed E-state index contributed by atoms with van der Waals surface area (Å²) in [4.78, 5) is 0. The molecule has 1 heterocycles. The molecule has 108 valence electrons. The molecule has 0 aliphatic carbocycles. The standard InChI is InChI=1S/C8H17NO6S3/c1-3-17(12,13)9(18(14,15)4-2)8-6-5-7-16(8,10)11/h8H,3-7H2,1-2H3. The van der Waals surface area contributed by atoms with Crippen LogP contribution in [0.2, 0.25) is 0 Å². The summed E-state index contributed by atoms with van der Waals surface area (Å²) in [5.74, 6) is -1.07. The lowest BCUT2D eigenvalue weighted by Gasteiger charge is -2.25. The predicted octanol–water partition coefficient (Wildman–Crippen LogP) is -0.477. The summed E-state index contributed by atoms with van der Waals surface area (Å²) >= 11 is 0. The van der Waals surface area contributed by atoms with Crippen LogP contribution in [0.15, 0.2) is 0 Å². The van der Waals surface area contributed by atoms with Crippen LogP contribution < -0.4 is 0 Å². The van der Waals surface area contributed by atoms with E-state index in [0.717, 1.165) is 0 Å². The molecule has 0 aromatic rings. The first-order chi connectivity index (χ1) is 8.08. The third kappa shape index (κ3) is 2.86. The third-order valence-corrected chi connectivity index (χ3v) is 9.64. The van der Waals surface area contributed by atoms with Crippen molar-refractivity contribution < 1.29 is 25.3 Å². The Morgan fingerprint density at radius 1 is 1.06 bits per heavy atom. The van der Waals surface area contributed by atoms with Gasteiger partial charge in [0.2, 0.25) is 20.0 Å². The number of hydrogen-bond acceptors (Lipinski definition) is 6. The van der Waals surface area contributed by atoms with Crippen LogP contribution in [0.25, 0.3) is 0 Å². The molecule has 1 unspecified atom stereocenters. The minimum atomic E-state index is -4.12. The van der Waals surface area contributed by atoms with E-state index >= 15 is 0 Å². The third-order valence-electron chi connectivity index (χ3n) is 2.81. The molecule has 1 aliphatic rings. The second kappa shape index (κ2) is 5.06. The van der Waals surface area contributed by atoms with Gasteiger partial charge in [-0.05, 0) is 26.7 Å². The zero-order valence-corrected chi connectivity index (χ0v) is 12.7. The first-order valence-electron chi connectivity index (χ1n) is 5.55. The first kappa shape index (κ1) is 15.9. The Balaban J connectivity index is 3.42. The summed E-state index contributed by atoms with van der Waals surface area (Å²) in [5.41, 5.74) is 0. The van der Waals surface area contributed by atoms with E-state index in [1.54, 1.807) is 0 Å². The summed E-state index contributed by atoms with van der Waals surface area (Å²) in [6.07, 6.45) is 0.308. The number of sulfone groups is 1. The Labute approximate surface area is 108 Å². The lowest BCUT2D eigenvalue weighted by Crippen LogP contribution is -2.47. The van der Waals surface area contributed by atoms with Crippen molar-refractivity contribution in [3.05, 3.63) is 0 Å². The molecule has 0 bridgehead atoms. The molecule has 7 nitrogen and oxygen atoms in total. The highest BCUT2D eigenvalue weighted by Crippen LogP contribution is 2.28. The van der Waals surface area contributed by atoms with Gasteiger partial charge in [0.15, 0.2) is 9.84 Å². The average Bonchev–Trinajstić information content (AvgIpc) is 2.58. The molecule has 10 heteroatoms. The van der Waals surface area contributed by atoms with Gasteiger partial charge in [-0.1, -0.05) is 3.71 Å². The number of nitrogens with zero attached hydrogens (tertiary/aromatic N) is 1. The molecule has 1 atom stereocenters. The zero-order valence-electron chi connectivity index (χ0n) is 10.2. The molecule has 0 saturated carbocycles. The summed E-state index contributed by atoms with van der Waals surface area (Å²) < 4.78 is 71.2. The second-order valence-corrected chi connectivity index (χ2v) is 10.8. The Morgan fingerprint density at radius 2 is 1.50 bits per heavy atom. The largest absolute Gasteiger partial charge is 0.228 e. The number of hydrogen-bond donors (Lipinski definition) is 0. The fourth-order valence-electron chi connectivity index (χ4n) is 1.80. The van der Waals surface area contributed by atoms with Gasteiger partial charge in [0.25, 0.3) is 0 Å². The fourth-order valence-corrected chi connectivity index (χ4v) is 8.45. The van der Waals surface area contributed by atoms with Crippen molar-refractivity contribution in [3.8, 4) is 0 Å². The molecule has 0 N–H and O–H groups in total. The van der Waals surface area contributed by atoms with E-state index in [1.807, 2.05) is 0 Å². The van der Waals surface area contributed by atoms with E-state index in [0.29, 0.717) is 0 Å². The summed E-state index contributed by atoms with van der Waals surface area (Å²) in [5, 5.41) is -1.47. The molecular weight excluding hydrogens is 302 g/mol. The van der Waals surface area contributed by atoms with E-state index in [1.165, 1.54) is 13.8 Å². The molecule has 0 radical (unpaired) electrons. The number of rotatable bonds is 5.